The van der Waals surface area contributed by atoms with E-state index in [1.54, 1.807) is 18.2 Å². The normalized spacial score (nSPS) is 20.9. The Bertz CT molecular complexity index is 1750. The number of hydrogen-bond acceptors (Lipinski definition) is 5. The highest BCUT2D eigenvalue weighted by atomic mass is 35.5. The number of carbonyl (C=O) groups excluding carboxylic acids is 1. The van der Waals surface area contributed by atoms with E-state index in [2.05, 4.69) is 33.6 Å². The molecular formula is C33H22Cl2F4N2O2S. The first-order chi connectivity index (χ1) is 21.0. The number of hydrogen-bond donors (Lipinski definition) is 0. The van der Waals surface area contributed by atoms with Gasteiger partial charge in [0.25, 0.3) is 0 Å². The zero-order chi connectivity index (χ0) is 30.9. The standard InChI is InChI=1S/C33H22Cl2F4N2O2S/c34-25-14-22(15-26(35)28(25)36)32(33(37,38)39)16-27(40-44-32)21-11-12-24-23(13-21)30(42)43-31(24)17-41(18-31)29(19-7-3-1-4-8-19)20-9-5-2-6-10-20/h1-15,29H,16-18H2. The van der Waals surface area contributed by atoms with Gasteiger partial charge in [0.1, 0.15) is 0 Å². The molecule has 4 aromatic carbocycles. The minimum Gasteiger partial charge on any atom is -0.448 e. The maximum absolute atomic E-state index is 14.6. The van der Waals surface area contributed by atoms with Crippen molar-refractivity contribution in [3.63, 3.8) is 0 Å². The highest BCUT2D eigenvalue weighted by molar-refractivity contribution is 7.99. The van der Waals surface area contributed by atoms with Crippen molar-refractivity contribution in [2.24, 2.45) is 4.40 Å². The van der Waals surface area contributed by atoms with Gasteiger partial charge in [0, 0.05) is 25.1 Å². The lowest BCUT2D eigenvalue weighted by atomic mass is 9.81. The van der Waals surface area contributed by atoms with Gasteiger partial charge in [-0.2, -0.15) is 13.2 Å². The average Bonchev–Trinajstić information content (AvgIpc) is 3.58. The van der Waals surface area contributed by atoms with Gasteiger partial charge in [0.15, 0.2) is 16.2 Å². The second-order valence-electron chi connectivity index (χ2n) is 11.2. The molecule has 4 nitrogen and oxygen atoms in total. The Morgan fingerprint density at radius 2 is 1.48 bits per heavy atom. The number of carbonyl (C=O) groups is 1. The van der Waals surface area contributed by atoms with Crippen molar-refractivity contribution in [2.75, 3.05) is 13.1 Å². The summed E-state index contributed by atoms with van der Waals surface area (Å²) in [7, 11) is 0. The van der Waals surface area contributed by atoms with Crippen molar-refractivity contribution in [3.8, 4) is 0 Å². The number of alkyl halides is 3. The van der Waals surface area contributed by atoms with Crippen molar-refractivity contribution in [1.82, 2.24) is 4.90 Å². The van der Waals surface area contributed by atoms with E-state index in [0.29, 0.717) is 41.7 Å². The summed E-state index contributed by atoms with van der Waals surface area (Å²) in [6, 6.07) is 27.0. The highest BCUT2D eigenvalue weighted by Crippen LogP contribution is 2.57. The third-order valence-corrected chi connectivity index (χ3v) is 10.3. The molecule has 224 valence electrons. The third-order valence-electron chi connectivity index (χ3n) is 8.50. The van der Waals surface area contributed by atoms with Crippen molar-refractivity contribution in [3.05, 3.63) is 140 Å². The van der Waals surface area contributed by atoms with E-state index in [-0.39, 0.29) is 17.3 Å². The summed E-state index contributed by atoms with van der Waals surface area (Å²) >= 11 is 12.0. The first-order valence-corrected chi connectivity index (χ1v) is 15.2. The quantitative estimate of drug-likeness (QED) is 0.0931. The van der Waals surface area contributed by atoms with Crippen LogP contribution in [0.25, 0.3) is 0 Å². The van der Waals surface area contributed by atoms with Crippen LogP contribution in [0.1, 0.15) is 50.6 Å². The maximum Gasteiger partial charge on any atom is 0.409 e. The van der Waals surface area contributed by atoms with Gasteiger partial charge < -0.3 is 4.74 Å². The Morgan fingerprint density at radius 1 is 0.886 bits per heavy atom. The van der Waals surface area contributed by atoms with E-state index in [0.717, 1.165) is 23.3 Å². The molecule has 1 atom stereocenters. The van der Waals surface area contributed by atoms with Gasteiger partial charge >= 0.3 is 12.1 Å². The minimum atomic E-state index is -4.77. The van der Waals surface area contributed by atoms with Crippen LogP contribution >= 0.6 is 35.1 Å². The Hall–Kier alpha value is -3.37. The van der Waals surface area contributed by atoms with Crippen LogP contribution in [0.2, 0.25) is 10.0 Å². The van der Waals surface area contributed by atoms with Crippen LogP contribution in [-0.2, 0) is 15.1 Å². The van der Waals surface area contributed by atoms with Gasteiger partial charge in [-0.25, -0.2) is 13.6 Å². The van der Waals surface area contributed by atoms with Crippen LogP contribution in [0.3, 0.4) is 0 Å². The molecule has 4 aromatic rings. The van der Waals surface area contributed by atoms with Crippen molar-refractivity contribution >= 4 is 46.8 Å². The lowest BCUT2D eigenvalue weighted by Gasteiger charge is -2.50. The number of ether oxygens (including phenoxy) is 1. The Kier molecular flexibility index (Phi) is 7.08. The molecule has 0 radical (unpaired) electrons. The first-order valence-electron chi connectivity index (χ1n) is 13.7. The molecule has 1 fully saturated rings. The van der Waals surface area contributed by atoms with E-state index < -0.39 is 44.8 Å². The van der Waals surface area contributed by atoms with Crippen LogP contribution in [0, 0.1) is 5.82 Å². The van der Waals surface area contributed by atoms with E-state index in [9.17, 15) is 22.4 Å². The molecule has 0 N–H and O–H groups in total. The number of nitrogens with zero attached hydrogens (tertiary/aromatic N) is 2. The Balaban J connectivity index is 1.17. The smallest absolute Gasteiger partial charge is 0.409 e. The molecule has 0 aromatic heterocycles. The number of halogens is 6. The molecule has 0 amide bonds. The van der Waals surface area contributed by atoms with Crippen molar-refractivity contribution in [2.45, 2.75) is 29.0 Å². The van der Waals surface area contributed by atoms with E-state index in [1.807, 2.05) is 36.4 Å². The SMILES string of the molecule is O=C1OC2(CN(C(c3ccccc3)c3ccccc3)C2)c2ccc(C3=NSC(c4cc(Cl)c(F)c(Cl)c4)(C(F)(F)F)C3)cc21. The summed E-state index contributed by atoms with van der Waals surface area (Å²) in [5.74, 6) is -1.51. The summed E-state index contributed by atoms with van der Waals surface area (Å²) in [4.78, 5) is 15.4. The number of benzene rings is 4. The lowest BCUT2D eigenvalue weighted by Crippen LogP contribution is -2.60. The van der Waals surface area contributed by atoms with Gasteiger partial charge in [-0.3, -0.25) is 4.90 Å². The van der Waals surface area contributed by atoms with E-state index >= 15 is 0 Å². The molecule has 1 saturated heterocycles. The van der Waals surface area contributed by atoms with E-state index in [1.165, 1.54) is 0 Å². The Labute approximate surface area is 264 Å². The molecule has 11 heteroatoms. The van der Waals surface area contributed by atoms with Gasteiger partial charge in [-0.1, -0.05) is 96.0 Å². The molecule has 1 spiro atoms. The Morgan fingerprint density at radius 3 is 2.05 bits per heavy atom. The molecule has 3 heterocycles. The first kappa shape index (κ1) is 29.3. The highest BCUT2D eigenvalue weighted by Gasteiger charge is 2.61. The molecule has 7 rings (SSSR count). The summed E-state index contributed by atoms with van der Waals surface area (Å²) < 4.78 is 65.4. The second-order valence-corrected chi connectivity index (χ2v) is 13.0. The van der Waals surface area contributed by atoms with Crippen molar-refractivity contribution in [1.29, 1.82) is 0 Å². The predicted octanol–water partition coefficient (Wildman–Crippen LogP) is 8.90. The summed E-state index contributed by atoms with van der Waals surface area (Å²) in [6.45, 7) is 0.916. The van der Waals surface area contributed by atoms with Gasteiger partial charge in [-0.05, 0) is 52.4 Å². The van der Waals surface area contributed by atoms with Crippen LogP contribution in [0.5, 0.6) is 0 Å². The topological polar surface area (TPSA) is 41.9 Å². The molecule has 0 bridgehead atoms. The van der Waals surface area contributed by atoms with E-state index in [4.69, 9.17) is 27.9 Å². The fraction of sp³-hybridized carbons (Fsp3) is 0.212. The molecular weight excluding hydrogens is 635 g/mol. The number of likely N-dealkylation sites (tertiary alicyclic amines) is 1. The van der Waals surface area contributed by atoms with Crippen molar-refractivity contribution < 1.29 is 27.1 Å². The molecule has 3 aliphatic rings. The fourth-order valence-corrected chi connectivity index (χ4v) is 7.79. The molecule has 0 saturated carbocycles. The minimum absolute atomic E-state index is 0.0427. The zero-order valence-corrected chi connectivity index (χ0v) is 25.1. The van der Waals surface area contributed by atoms with Crippen LogP contribution < -0.4 is 0 Å². The monoisotopic (exact) mass is 656 g/mol. The fourth-order valence-electron chi connectivity index (χ4n) is 6.34. The van der Waals surface area contributed by atoms with Gasteiger partial charge in [-0.15, -0.1) is 0 Å². The number of fused-ring (bicyclic) bond motifs is 2. The average molecular weight is 658 g/mol. The number of esters is 1. The van der Waals surface area contributed by atoms with Crippen LogP contribution in [-0.4, -0.2) is 35.8 Å². The molecule has 44 heavy (non-hydrogen) atoms. The van der Waals surface area contributed by atoms with Crippen LogP contribution in [0.4, 0.5) is 17.6 Å². The number of rotatable bonds is 5. The summed E-state index contributed by atoms with van der Waals surface area (Å²) in [6.07, 6.45) is -5.32. The summed E-state index contributed by atoms with van der Waals surface area (Å²) in [5.41, 5.74) is 2.60. The van der Waals surface area contributed by atoms with Gasteiger partial charge in [0.05, 0.1) is 27.4 Å². The zero-order valence-electron chi connectivity index (χ0n) is 22.7. The van der Waals surface area contributed by atoms with Gasteiger partial charge in [0.2, 0.25) is 0 Å². The predicted molar refractivity (Wildman–Crippen MR) is 163 cm³/mol. The maximum atomic E-state index is 14.6. The molecule has 3 aliphatic heterocycles. The third kappa shape index (κ3) is 4.64. The van der Waals surface area contributed by atoms with Crippen LogP contribution in [0.15, 0.2) is 95.4 Å². The second kappa shape index (κ2) is 10.6. The molecule has 1 unspecified atom stereocenters. The lowest BCUT2D eigenvalue weighted by molar-refractivity contribution is -0.159. The largest absolute Gasteiger partial charge is 0.448 e. The summed E-state index contributed by atoms with van der Waals surface area (Å²) in [5, 5.41) is -1.01. The molecule has 0 aliphatic carbocycles.